The molecular formula is C15H11I3N2O3. The van der Waals surface area contributed by atoms with Crippen LogP contribution >= 0.6 is 67.8 Å². The van der Waals surface area contributed by atoms with Gasteiger partial charge in [-0.3, -0.25) is 4.79 Å². The lowest BCUT2D eigenvalue weighted by atomic mass is 10.2. The zero-order valence-electron chi connectivity index (χ0n) is 11.8. The first-order valence-corrected chi connectivity index (χ1v) is 9.51. The van der Waals surface area contributed by atoms with E-state index in [1.807, 2.05) is 51.2 Å². The first-order valence-electron chi connectivity index (χ1n) is 6.27. The Bertz CT molecular complexity index is 756. The molecule has 2 aromatic rings. The maximum absolute atomic E-state index is 12.1. The molecule has 8 heteroatoms. The molecule has 2 aromatic carbocycles. The van der Waals surface area contributed by atoms with E-state index in [9.17, 15) is 9.90 Å². The molecule has 0 spiro atoms. The number of hydrogen-bond donors (Lipinski definition) is 2. The fourth-order valence-electron chi connectivity index (χ4n) is 1.69. The van der Waals surface area contributed by atoms with E-state index in [0.717, 1.165) is 16.3 Å². The molecule has 0 saturated heterocycles. The van der Waals surface area contributed by atoms with Crippen molar-refractivity contribution in [2.75, 3.05) is 7.11 Å². The highest BCUT2D eigenvalue weighted by atomic mass is 127. The molecule has 0 unspecified atom stereocenters. The molecule has 0 fully saturated rings. The number of hydrazone groups is 1. The third-order valence-electron chi connectivity index (χ3n) is 2.83. The standard InChI is InChI=1S/C15H11I3N2O3/c1-23-13-6-9(2-3-10(13)16)15(22)20-19-7-8-4-11(17)14(21)12(18)5-8/h2-7,21H,1H3,(H,20,22)/b19-7+. The average Bonchev–Trinajstić information content (AvgIpc) is 2.52. The van der Waals surface area contributed by atoms with Crippen LogP contribution in [-0.4, -0.2) is 24.3 Å². The number of methoxy groups -OCH3 is 1. The van der Waals surface area contributed by atoms with Crippen LogP contribution in [0.3, 0.4) is 0 Å². The summed E-state index contributed by atoms with van der Waals surface area (Å²) in [5, 5.41) is 13.7. The number of carbonyl (C=O) groups excluding carboxylic acids is 1. The predicted octanol–water partition coefficient (Wildman–Crippen LogP) is 3.98. The highest BCUT2D eigenvalue weighted by molar-refractivity contribution is 14.1. The van der Waals surface area contributed by atoms with Crippen LogP contribution in [0.1, 0.15) is 15.9 Å². The quantitative estimate of drug-likeness (QED) is 0.300. The number of rotatable bonds is 4. The summed E-state index contributed by atoms with van der Waals surface area (Å²) in [4.78, 5) is 12.1. The first kappa shape index (κ1) is 18.7. The summed E-state index contributed by atoms with van der Waals surface area (Å²) in [6.07, 6.45) is 1.53. The Hall–Kier alpha value is -0.630. The second kappa shape index (κ2) is 8.46. The molecular weight excluding hydrogens is 637 g/mol. The number of aromatic hydroxyl groups is 1. The Balaban J connectivity index is 2.10. The van der Waals surface area contributed by atoms with Crippen LogP contribution in [0.15, 0.2) is 35.4 Å². The van der Waals surface area contributed by atoms with E-state index in [0.29, 0.717) is 11.3 Å². The summed E-state index contributed by atoms with van der Waals surface area (Å²) in [5.74, 6) is 0.572. The molecule has 23 heavy (non-hydrogen) atoms. The summed E-state index contributed by atoms with van der Waals surface area (Å²) in [5.41, 5.74) is 3.73. The first-order chi connectivity index (χ1) is 10.9. The molecule has 0 aliphatic carbocycles. The van der Waals surface area contributed by atoms with Gasteiger partial charge in [0.2, 0.25) is 0 Å². The lowest BCUT2D eigenvalue weighted by Crippen LogP contribution is -2.17. The molecule has 5 nitrogen and oxygen atoms in total. The molecule has 0 aromatic heterocycles. The zero-order chi connectivity index (χ0) is 17.0. The Labute approximate surface area is 174 Å². The molecule has 0 aliphatic rings. The summed E-state index contributed by atoms with van der Waals surface area (Å²) in [6, 6.07) is 8.74. The molecule has 2 rings (SSSR count). The van der Waals surface area contributed by atoms with Crippen LogP contribution in [0.5, 0.6) is 11.5 Å². The van der Waals surface area contributed by atoms with Crippen LogP contribution in [0.2, 0.25) is 0 Å². The van der Waals surface area contributed by atoms with Gasteiger partial charge in [-0.2, -0.15) is 5.10 Å². The number of amides is 1. The third kappa shape index (κ3) is 4.92. The van der Waals surface area contributed by atoms with Crippen molar-refractivity contribution >= 4 is 79.9 Å². The van der Waals surface area contributed by atoms with Crippen molar-refractivity contribution in [2.24, 2.45) is 5.10 Å². The number of hydrogen-bond acceptors (Lipinski definition) is 4. The third-order valence-corrected chi connectivity index (χ3v) is 5.37. The molecule has 0 bridgehead atoms. The van der Waals surface area contributed by atoms with E-state index in [4.69, 9.17) is 4.74 Å². The maximum Gasteiger partial charge on any atom is 0.271 e. The van der Waals surface area contributed by atoms with Gasteiger partial charge in [-0.25, -0.2) is 5.43 Å². The zero-order valence-corrected chi connectivity index (χ0v) is 18.3. The van der Waals surface area contributed by atoms with Crippen molar-refractivity contribution < 1.29 is 14.6 Å². The van der Waals surface area contributed by atoms with E-state index < -0.39 is 0 Å². The van der Waals surface area contributed by atoms with Gasteiger partial charge in [0.1, 0.15) is 11.5 Å². The van der Waals surface area contributed by atoms with Gasteiger partial charge in [0.05, 0.1) is 24.0 Å². The Morgan fingerprint density at radius 1 is 1.17 bits per heavy atom. The van der Waals surface area contributed by atoms with Crippen LogP contribution < -0.4 is 10.2 Å². The topological polar surface area (TPSA) is 70.9 Å². The number of benzene rings is 2. The molecule has 0 radical (unpaired) electrons. The van der Waals surface area contributed by atoms with E-state index in [-0.39, 0.29) is 11.7 Å². The van der Waals surface area contributed by atoms with Gasteiger partial charge in [-0.05, 0) is 104 Å². The van der Waals surface area contributed by atoms with Gasteiger partial charge in [0.15, 0.2) is 0 Å². The van der Waals surface area contributed by atoms with Crippen molar-refractivity contribution in [3.63, 3.8) is 0 Å². The maximum atomic E-state index is 12.1. The van der Waals surface area contributed by atoms with Gasteiger partial charge in [-0.1, -0.05) is 0 Å². The Morgan fingerprint density at radius 3 is 2.43 bits per heavy atom. The van der Waals surface area contributed by atoms with Gasteiger partial charge in [0, 0.05) is 5.56 Å². The number of nitrogens with one attached hydrogen (secondary N) is 1. The summed E-state index contributed by atoms with van der Waals surface area (Å²) in [7, 11) is 1.56. The van der Waals surface area contributed by atoms with Crippen molar-refractivity contribution in [3.05, 3.63) is 52.2 Å². The molecule has 1 amide bonds. The van der Waals surface area contributed by atoms with Gasteiger partial charge in [-0.15, -0.1) is 0 Å². The second-order valence-corrected chi connectivity index (χ2v) is 7.87. The number of phenols is 1. The van der Waals surface area contributed by atoms with Gasteiger partial charge < -0.3 is 9.84 Å². The van der Waals surface area contributed by atoms with Crippen molar-refractivity contribution in [1.82, 2.24) is 5.43 Å². The van der Waals surface area contributed by atoms with E-state index in [2.05, 4.69) is 33.1 Å². The van der Waals surface area contributed by atoms with Crippen LogP contribution in [0.4, 0.5) is 0 Å². The molecule has 0 saturated carbocycles. The SMILES string of the molecule is COc1cc(C(=O)N/N=C/c2cc(I)c(O)c(I)c2)ccc1I. The lowest BCUT2D eigenvalue weighted by Gasteiger charge is -2.06. The van der Waals surface area contributed by atoms with E-state index in [1.165, 1.54) is 6.21 Å². The summed E-state index contributed by atoms with van der Waals surface area (Å²) in [6.45, 7) is 0. The number of nitrogens with zero attached hydrogens (tertiary/aromatic N) is 1. The minimum absolute atomic E-state index is 0.248. The number of carbonyl (C=O) groups is 1. The van der Waals surface area contributed by atoms with Crippen LogP contribution in [-0.2, 0) is 0 Å². The molecule has 120 valence electrons. The van der Waals surface area contributed by atoms with Crippen molar-refractivity contribution in [2.45, 2.75) is 0 Å². The highest BCUT2D eigenvalue weighted by Gasteiger charge is 2.08. The number of phenolic OH excluding ortho intramolecular Hbond substituents is 1. The average molecular weight is 648 g/mol. The smallest absolute Gasteiger partial charge is 0.271 e. The van der Waals surface area contributed by atoms with Gasteiger partial charge in [0.25, 0.3) is 5.91 Å². The monoisotopic (exact) mass is 648 g/mol. The largest absolute Gasteiger partial charge is 0.506 e. The van der Waals surface area contributed by atoms with E-state index in [1.54, 1.807) is 31.4 Å². The van der Waals surface area contributed by atoms with Crippen molar-refractivity contribution in [1.29, 1.82) is 0 Å². The predicted molar refractivity (Wildman–Crippen MR) is 114 cm³/mol. The molecule has 0 atom stereocenters. The van der Waals surface area contributed by atoms with Crippen LogP contribution in [0, 0.1) is 10.7 Å². The summed E-state index contributed by atoms with van der Waals surface area (Å²) >= 11 is 6.22. The normalized spacial score (nSPS) is 10.8. The lowest BCUT2D eigenvalue weighted by molar-refractivity contribution is 0.0954. The minimum atomic E-state index is -0.320. The molecule has 0 heterocycles. The van der Waals surface area contributed by atoms with Crippen molar-refractivity contribution in [3.8, 4) is 11.5 Å². The molecule has 0 aliphatic heterocycles. The van der Waals surface area contributed by atoms with Crippen LogP contribution in [0.25, 0.3) is 0 Å². The fraction of sp³-hybridized carbons (Fsp3) is 0.0667. The number of halogens is 3. The fourth-order valence-corrected chi connectivity index (χ4v) is 4.06. The highest BCUT2D eigenvalue weighted by Crippen LogP contribution is 2.26. The van der Waals surface area contributed by atoms with E-state index >= 15 is 0 Å². The Kier molecular flexibility index (Phi) is 6.88. The minimum Gasteiger partial charge on any atom is -0.506 e. The Morgan fingerprint density at radius 2 is 1.83 bits per heavy atom. The summed E-state index contributed by atoms with van der Waals surface area (Å²) < 4.78 is 7.58. The second-order valence-electron chi connectivity index (χ2n) is 4.38. The molecule has 2 N–H and O–H groups in total. The van der Waals surface area contributed by atoms with Gasteiger partial charge >= 0.3 is 0 Å². The number of ether oxygens (including phenoxy) is 1.